The Morgan fingerprint density at radius 3 is 1.46 bits per heavy atom. The van der Waals surface area contributed by atoms with Crippen molar-refractivity contribution in [1.82, 2.24) is 0 Å². The molecule has 10 nitrogen and oxygen atoms in total. The highest BCUT2D eigenvalue weighted by atomic mass is 19.3. The topological polar surface area (TPSA) is 158 Å². The minimum absolute atomic E-state index is 0.0246. The highest BCUT2D eigenvalue weighted by molar-refractivity contribution is 5.26. The van der Waals surface area contributed by atoms with Gasteiger partial charge in [-0.1, -0.05) is 135 Å². The number of halogens is 4. The van der Waals surface area contributed by atoms with E-state index in [2.05, 4.69) is 4.74 Å². The number of alkyl halides is 4. The summed E-state index contributed by atoms with van der Waals surface area (Å²) in [6, 6.07) is 32.1. The van der Waals surface area contributed by atoms with Gasteiger partial charge in [0.05, 0.1) is 32.0 Å². The summed E-state index contributed by atoms with van der Waals surface area (Å²) >= 11 is 0. The standard InChI is InChI=1S/C29H32F2O4.C13H16F2O6/c1-3-25-21(2)26(33-19-22-13-7-4-8-14-22)27(34-20-23-15-9-5-10-16-23)29(32,35-25)28(30,31)24-17-11-6-12-18-24;14-12(15,7-4-2-1-3-5-7)13(20)11(19)10(18)9(17)8(6-16)21-13/h4-18,21,25-27,32H,3,19-20H2,1-2H3;1-5,8-11,16-20H,6H2/t21-,25-,26+,27-,29-;8-,9-,10+,11-,13-/m11/s1. The van der Waals surface area contributed by atoms with E-state index in [9.17, 15) is 34.3 Å². The first-order chi connectivity index (χ1) is 26.6. The largest absolute Gasteiger partial charge is 0.394 e. The molecule has 0 amide bonds. The first kappa shape index (κ1) is 43.3. The molecule has 56 heavy (non-hydrogen) atoms. The van der Waals surface area contributed by atoms with Gasteiger partial charge in [0.1, 0.15) is 30.5 Å². The van der Waals surface area contributed by atoms with Crippen molar-refractivity contribution < 1.29 is 67.1 Å². The van der Waals surface area contributed by atoms with E-state index >= 15 is 8.78 Å². The molecule has 0 aliphatic carbocycles. The fourth-order valence-corrected chi connectivity index (χ4v) is 6.92. The molecule has 2 aliphatic heterocycles. The van der Waals surface area contributed by atoms with E-state index in [1.807, 2.05) is 74.5 Å². The van der Waals surface area contributed by atoms with Crippen molar-refractivity contribution in [2.24, 2.45) is 5.92 Å². The molecule has 6 N–H and O–H groups in total. The van der Waals surface area contributed by atoms with Crippen molar-refractivity contribution in [3.63, 3.8) is 0 Å². The van der Waals surface area contributed by atoms with Crippen LogP contribution in [0.5, 0.6) is 0 Å². The summed E-state index contributed by atoms with van der Waals surface area (Å²) in [5, 5.41) is 59.7. The average Bonchev–Trinajstić information content (AvgIpc) is 3.22. The van der Waals surface area contributed by atoms with Crippen LogP contribution in [0.4, 0.5) is 17.6 Å². The number of aliphatic hydroxyl groups excluding tert-OH is 4. The third kappa shape index (κ3) is 8.70. The van der Waals surface area contributed by atoms with Crippen molar-refractivity contribution >= 4 is 0 Å². The number of hydrogen-bond donors (Lipinski definition) is 6. The fourth-order valence-electron chi connectivity index (χ4n) is 6.92. The van der Waals surface area contributed by atoms with Gasteiger partial charge >= 0.3 is 11.8 Å². The van der Waals surface area contributed by atoms with Gasteiger partial charge in [0.2, 0.25) is 0 Å². The van der Waals surface area contributed by atoms with Crippen molar-refractivity contribution in [3.05, 3.63) is 144 Å². The summed E-state index contributed by atoms with van der Waals surface area (Å²) in [5.74, 6) is -14.5. The highest BCUT2D eigenvalue weighted by Gasteiger charge is 2.68. The molecule has 6 rings (SSSR count). The molecule has 4 aromatic carbocycles. The molecule has 0 radical (unpaired) electrons. The van der Waals surface area contributed by atoms with Crippen LogP contribution in [-0.4, -0.2) is 91.5 Å². The lowest BCUT2D eigenvalue weighted by Crippen LogP contribution is -2.70. The van der Waals surface area contributed by atoms with Crippen LogP contribution in [0.25, 0.3) is 0 Å². The zero-order chi connectivity index (χ0) is 40.7. The third-order valence-corrected chi connectivity index (χ3v) is 10.2. The molecule has 10 atom stereocenters. The maximum atomic E-state index is 16.1. The van der Waals surface area contributed by atoms with Crippen LogP contribution in [0.3, 0.4) is 0 Å². The van der Waals surface area contributed by atoms with E-state index < -0.39 is 78.3 Å². The maximum absolute atomic E-state index is 16.1. The molecule has 0 bridgehead atoms. The Labute approximate surface area is 322 Å². The van der Waals surface area contributed by atoms with Gasteiger partial charge in [-0.2, -0.15) is 17.6 Å². The molecular weight excluding hydrogens is 740 g/mol. The van der Waals surface area contributed by atoms with Gasteiger partial charge < -0.3 is 49.6 Å². The summed E-state index contributed by atoms with van der Waals surface area (Å²) < 4.78 is 83.9. The van der Waals surface area contributed by atoms with Crippen LogP contribution in [-0.2, 0) is 44.0 Å². The average molecular weight is 789 g/mol. The quantitative estimate of drug-likeness (QED) is 0.108. The Bertz CT molecular complexity index is 1780. The minimum atomic E-state index is -4.08. The Morgan fingerprint density at radius 2 is 1.02 bits per heavy atom. The fraction of sp³-hybridized carbons (Fsp3) is 0.429. The van der Waals surface area contributed by atoms with E-state index in [0.29, 0.717) is 6.42 Å². The number of rotatable bonds is 12. The molecule has 2 aliphatic rings. The van der Waals surface area contributed by atoms with Crippen molar-refractivity contribution in [2.45, 2.75) is 99.6 Å². The van der Waals surface area contributed by atoms with Crippen LogP contribution in [0, 0.1) is 5.92 Å². The van der Waals surface area contributed by atoms with Crippen LogP contribution in [0.1, 0.15) is 42.5 Å². The lowest BCUT2D eigenvalue weighted by Gasteiger charge is -2.52. The molecule has 0 saturated carbocycles. The normalized spacial score (nSPS) is 30.9. The zero-order valence-corrected chi connectivity index (χ0v) is 30.8. The van der Waals surface area contributed by atoms with Gasteiger partial charge in [0.15, 0.2) is 0 Å². The second-order valence-electron chi connectivity index (χ2n) is 13.9. The number of benzene rings is 4. The molecule has 14 heteroatoms. The maximum Gasteiger partial charge on any atom is 0.328 e. The van der Waals surface area contributed by atoms with Crippen LogP contribution < -0.4 is 0 Å². The molecule has 4 aromatic rings. The van der Waals surface area contributed by atoms with Gasteiger partial charge in [0, 0.05) is 17.0 Å². The highest BCUT2D eigenvalue weighted by Crippen LogP contribution is 2.50. The SMILES string of the molecule is CC[C@H]1O[C@@](O)(C(F)(F)c2ccccc2)[C@H](OCc2ccccc2)[C@@H](OCc2ccccc2)[C@@H]1C.OC[C@H]1O[C@@](O)(C(F)(F)c2ccccc2)[C@H](O)[C@@H](O)[C@@H]1O. The summed E-state index contributed by atoms with van der Waals surface area (Å²) in [4.78, 5) is 0. The molecule has 2 fully saturated rings. The summed E-state index contributed by atoms with van der Waals surface area (Å²) in [6.45, 7) is 3.05. The third-order valence-electron chi connectivity index (χ3n) is 10.2. The van der Waals surface area contributed by atoms with Crippen LogP contribution >= 0.6 is 0 Å². The molecule has 2 heterocycles. The summed E-state index contributed by atoms with van der Waals surface area (Å²) in [7, 11) is 0. The summed E-state index contributed by atoms with van der Waals surface area (Å²) in [5.41, 5.74) is 0.707. The molecular formula is C42H48F4O10. The molecule has 2 saturated heterocycles. The Kier molecular flexibility index (Phi) is 14.1. The second-order valence-corrected chi connectivity index (χ2v) is 13.9. The molecule has 0 spiro atoms. The van der Waals surface area contributed by atoms with Crippen molar-refractivity contribution in [3.8, 4) is 0 Å². The lowest BCUT2D eigenvalue weighted by atomic mass is 9.81. The van der Waals surface area contributed by atoms with E-state index in [0.717, 1.165) is 23.3 Å². The van der Waals surface area contributed by atoms with Crippen LogP contribution in [0.2, 0.25) is 0 Å². The Morgan fingerprint density at radius 1 is 0.607 bits per heavy atom. The first-order valence-electron chi connectivity index (χ1n) is 18.3. The lowest BCUT2D eigenvalue weighted by molar-refractivity contribution is -0.419. The molecule has 304 valence electrons. The predicted molar refractivity (Wildman–Crippen MR) is 195 cm³/mol. The number of hydrogen-bond acceptors (Lipinski definition) is 10. The van der Waals surface area contributed by atoms with E-state index in [1.54, 1.807) is 6.07 Å². The predicted octanol–water partition coefficient (Wildman–Crippen LogP) is 5.02. The van der Waals surface area contributed by atoms with Gasteiger partial charge in [-0.15, -0.1) is 0 Å². The second kappa shape index (κ2) is 18.2. The Balaban J connectivity index is 0.000000244. The van der Waals surface area contributed by atoms with E-state index in [-0.39, 0.29) is 24.7 Å². The first-order valence-corrected chi connectivity index (χ1v) is 18.3. The smallest absolute Gasteiger partial charge is 0.328 e. The zero-order valence-electron chi connectivity index (χ0n) is 30.8. The van der Waals surface area contributed by atoms with Gasteiger partial charge in [-0.3, -0.25) is 0 Å². The van der Waals surface area contributed by atoms with E-state index in [4.69, 9.17) is 19.3 Å². The van der Waals surface area contributed by atoms with E-state index in [1.165, 1.54) is 42.5 Å². The Hall–Kier alpha value is -3.80. The van der Waals surface area contributed by atoms with Crippen molar-refractivity contribution in [1.29, 1.82) is 0 Å². The van der Waals surface area contributed by atoms with Gasteiger partial charge in [-0.05, 0) is 17.5 Å². The van der Waals surface area contributed by atoms with Gasteiger partial charge in [0.25, 0.3) is 11.6 Å². The van der Waals surface area contributed by atoms with Gasteiger partial charge in [-0.25, -0.2) is 0 Å². The monoisotopic (exact) mass is 788 g/mol. The molecule has 0 aromatic heterocycles. The summed E-state index contributed by atoms with van der Waals surface area (Å²) in [6.07, 6.45) is -10.5. The molecule has 0 unspecified atom stereocenters. The number of aliphatic hydroxyl groups is 6. The van der Waals surface area contributed by atoms with Crippen LogP contribution in [0.15, 0.2) is 121 Å². The minimum Gasteiger partial charge on any atom is -0.394 e. The number of ether oxygens (including phenoxy) is 4. The van der Waals surface area contributed by atoms with Crippen molar-refractivity contribution in [2.75, 3.05) is 6.61 Å².